The van der Waals surface area contributed by atoms with Crippen molar-refractivity contribution in [1.82, 2.24) is 14.7 Å². The molecule has 0 N–H and O–H groups in total. The zero-order valence-electron chi connectivity index (χ0n) is 18.7. The number of carbonyl (C=O) groups excluding carboxylic acids is 2. The highest BCUT2D eigenvalue weighted by atomic mass is 16.5. The van der Waals surface area contributed by atoms with Crippen LogP contribution in [0.15, 0.2) is 59.9 Å². The molecule has 1 amide bonds. The molecule has 2 aliphatic rings. The molecule has 2 aromatic rings. The van der Waals surface area contributed by atoms with Gasteiger partial charge in [-0.1, -0.05) is 37.5 Å². The molecule has 0 unspecified atom stereocenters. The molecule has 6 heteroatoms. The number of hydrogen-bond donors (Lipinski definition) is 0. The lowest BCUT2D eigenvalue weighted by Gasteiger charge is -2.33. The largest absolute Gasteiger partial charge is 0.497 e. The molecule has 4 rings (SSSR count). The zero-order valence-corrected chi connectivity index (χ0v) is 18.7. The highest BCUT2D eigenvalue weighted by Gasteiger charge is 2.26. The Morgan fingerprint density at radius 1 is 1.22 bits per heavy atom. The molecular formula is C26H29N3O3. The average Bonchev–Trinajstić information content (AvgIpc) is 2.99. The van der Waals surface area contributed by atoms with Gasteiger partial charge in [0, 0.05) is 29.6 Å². The van der Waals surface area contributed by atoms with E-state index in [2.05, 4.69) is 10.8 Å². The number of nitrogens with zero attached hydrogens (tertiary/aromatic N) is 3. The molecule has 1 aromatic heterocycles. The second-order valence-corrected chi connectivity index (χ2v) is 8.17. The van der Waals surface area contributed by atoms with E-state index in [1.165, 1.54) is 19.3 Å². The monoisotopic (exact) mass is 431 g/mol. The van der Waals surface area contributed by atoms with Crippen molar-refractivity contribution in [2.45, 2.75) is 51.6 Å². The van der Waals surface area contributed by atoms with Crippen molar-refractivity contribution in [3.8, 4) is 5.75 Å². The minimum Gasteiger partial charge on any atom is -0.497 e. The van der Waals surface area contributed by atoms with Gasteiger partial charge < -0.3 is 9.64 Å². The first-order chi connectivity index (χ1) is 15.6. The van der Waals surface area contributed by atoms with Gasteiger partial charge in [0.15, 0.2) is 0 Å². The summed E-state index contributed by atoms with van der Waals surface area (Å²) in [4.78, 5) is 28.5. The van der Waals surface area contributed by atoms with Gasteiger partial charge in [-0.25, -0.2) is 0 Å². The molecular weight excluding hydrogens is 402 g/mol. The summed E-state index contributed by atoms with van der Waals surface area (Å²) in [5.74, 6) is 0.493. The van der Waals surface area contributed by atoms with Crippen LogP contribution in [-0.4, -0.2) is 46.1 Å². The van der Waals surface area contributed by atoms with Crippen molar-refractivity contribution in [2.24, 2.45) is 0 Å². The van der Waals surface area contributed by atoms with E-state index in [-0.39, 0.29) is 18.2 Å². The van der Waals surface area contributed by atoms with Gasteiger partial charge in [0.05, 0.1) is 12.6 Å². The Hall–Kier alpha value is -3.37. The fourth-order valence-electron chi connectivity index (χ4n) is 4.55. The summed E-state index contributed by atoms with van der Waals surface area (Å²) in [5.41, 5.74) is 4.51. The van der Waals surface area contributed by atoms with Gasteiger partial charge in [0.1, 0.15) is 18.0 Å². The molecule has 6 nitrogen and oxygen atoms in total. The van der Waals surface area contributed by atoms with Crippen molar-refractivity contribution in [3.63, 3.8) is 0 Å². The predicted octanol–water partition coefficient (Wildman–Crippen LogP) is 4.62. The smallest absolute Gasteiger partial charge is 0.244 e. The molecule has 1 fully saturated rings. The lowest BCUT2D eigenvalue weighted by molar-refractivity contribution is -0.134. The normalized spacial score (nSPS) is 16.1. The number of ether oxygens (including phenoxy) is 1. The van der Waals surface area contributed by atoms with Crippen molar-refractivity contribution < 1.29 is 14.3 Å². The summed E-state index contributed by atoms with van der Waals surface area (Å²) in [5, 5.41) is 5.32. The number of aromatic nitrogens is 2. The number of methoxy groups -OCH3 is 1. The molecule has 0 atom stereocenters. The van der Waals surface area contributed by atoms with Crippen LogP contribution in [0.2, 0.25) is 0 Å². The van der Waals surface area contributed by atoms with Crippen LogP contribution in [0.3, 0.4) is 0 Å². The SMILES string of the molecule is CCN(C(=O)Cn1nc(C(=O)C2=CC=CC=C=C2)c2ccc(OC)cc21)C1CCCCC1. The van der Waals surface area contributed by atoms with Crippen molar-refractivity contribution in [1.29, 1.82) is 0 Å². The van der Waals surface area contributed by atoms with Gasteiger partial charge in [0.25, 0.3) is 0 Å². The first-order valence-electron chi connectivity index (χ1n) is 11.3. The summed E-state index contributed by atoms with van der Waals surface area (Å²) in [6.45, 7) is 2.79. The summed E-state index contributed by atoms with van der Waals surface area (Å²) in [6.07, 6.45) is 14.5. The van der Waals surface area contributed by atoms with Crippen LogP contribution in [0.1, 0.15) is 49.5 Å². The Bertz CT molecular complexity index is 1140. The maximum Gasteiger partial charge on any atom is 0.244 e. The predicted molar refractivity (Wildman–Crippen MR) is 125 cm³/mol. The van der Waals surface area contributed by atoms with E-state index in [1.54, 1.807) is 36.1 Å². The third-order valence-corrected chi connectivity index (χ3v) is 6.22. The molecule has 2 aliphatic carbocycles. The van der Waals surface area contributed by atoms with E-state index in [0.29, 0.717) is 40.5 Å². The molecule has 1 saturated carbocycles. The van der Waals surface area contributed by atoms with Gasteiger partial charge in [-0.15, -0.1) is 5.73 Å². The summed E-state index contributed by atoms with van der Waals surface area (Å²) >= 11 is 0. The summed E-state index contributed by atoms with van der Waals surface area (Å²) in [7, 11) is 1.60. The van der Waals surface area contributed by atoms with Crippen molar-refractivity contribution >= 4 is 22.6 Å². The minimum absolute atomic E-state index is 0.0325. The van der Waals surface area contributed by atoms with Gasteiger partial charge >= 0.3 is 0 Å². The molecule has 1 aromatic carbocycles. The second kappa shape index (κ2) is 9.84. The topological polar surface area (TPSA) is 64.4 Å². The van der Waals surface area contributed by atoms with Crippen LogP contribution in [-0.2, 0) is 11.3 Å². The summed E-state index contributed by atoms with van der Waals surface area (Å²) < 4.78 is 7.03. The number of likely N-dealkylation sites (N-methyl/N-ethyl adjacent to an activating group) is 1. The van der Waals surface area contributed by atoms with Crippen LogP contribution >= 0.6 is 0 Å². The maximum absolute atomic E-state index is 13.3. The Morgan fingerprint density at radius 2 is 2.03 bits per heavy atom. The molecule has 32 heavy (non-hydrogen) atoms. The molecule has 0 spiro atoms. The minimum atomic E-state index is -0.196. The van der Waals surface area contributed by atoms with E-state index >= 15 is 0 Å². The number of ketones is 1. The number of benzene rings is 1. The van der Waals surface area contributed by atoms with Crippen molar-refractivity contribution in [2.75, 3.05) is 13.7 Å². The molecule has 0 saturated heterocycles. The van der Waals surface area contributed by atoms with E-state index in [9.17, 15) is 9.59 Å². The van der Waals surface area contributed by atoms with Crippen LogP contribution in [0.25, 0.3) is 10.9 Å². The Kier molecular flexibility index (Phi) is 6.72. The van der Waals surface area contributed by atoms with E-state index in [0.717, 1.165) is 12.8 Å². The molecule has 1 heterocycles. The van der Waals surface area contributed by atoms with Gasteiger partial charge in [-0.05, 0) is 44.1 Å². The molecule has 0 aliphatic heterocycles. The second-order valence-electron chi connectivity index (χ2n) is 8.17. The first kappa shape index (κ1) is 21.8. The highest BCUT2D eigenvalue weighted by Crippen LogP contribution is 2.27. The molecule has 0 bridgehead atoms. The number of hydrogen-bond acceptors (Lipinski definition) is 4. The zero-order chi connectivity index (χ0) is 22.5. The molecule has 0 radical (unpaired) electrons. The lowest BCUT2D eigenvalue weighted by atomic mass is 9.94. The number of rotatable bonds is 7. The number of Topliss-reactive ketones (excluding diaryl/α,β-unsaturated/α-hetero) is 1. The van der Waals surface area contributed by atoms with E-state index < -0.39 is 0 Å². The Labute approximate surface area is 188 Å². The summed E-state index contributed by atoms with van der Waals surface area (Å²) in [6, 6.07) is 5.77. The van der Waals surface area contributed by atoms with Crippen LogP contribution < -0.4 is 4.74 Å². The van der Waals surface area contributed by atoms with Crippen LogP contribution in [0.4, 0.5) is 0 Å². The maximum atomic E-state index is 13.3. The number of allylic oxidation sites excluding steroid dienone is 5. The first-order valence-corrected chi connectivity index (χ1v) is 11.3. The highest BCUT2D eigenvalue weighted by molar-refractivity contribution is 6.16. The third-order valence-electron chi connectivity index (χ3n) is 6.22. The van der Waals surface area contributed by atoms with E-state index in [4.69, 9.17) is 4.74 Å². The van der Waals surface area contributed by atoms with Gasteiger partial charge in [-0.2, -0.15) is 5.10 Å². The third kappa shape index (κ3) is 4.46. The van der Waals surface area contributed by atoms with Gasteiger partial charge in [-0.3, -0.25) is 14.3 Å². The Morgan fingerprint density at radius 3 is 2.78 bits per heavy atom. The van der Waals surface area contributed by atoms with Gasteiger partial charge in [0.2, 0.25) is 11.7 Å². The van der Waals surface area contributed by atoms with E-state index in [1.807, 2.05) is 36.1 Å². The van der Waals surface area contributed by atoms with Crippen molar-refractivity contribution in [3.05, 3.63) is 65.6 Å². The number of amides is 1. The van der Waals surface area contributed by atoms with Crippen LogP contribution in [0.5, 0.6) is 5.75 Å². The quantitative estimate of drug-likeness (QED) is 0.474. The standard InChI is InChI=1S/C26H29N3O3/c1-3-28(20-13-9-6-10-14-20)24(30)18-29-23-17-21(32-2)15-16-22(23)25(27-29)26(31)19-11-7-4-5-8-12-19/h4-5,7,11-12,15-17,20H,3,6,9-10,13-14,18H2,1-2H3. The number of fused-ring (bicyclic) bond motifs is 1. The Balaban J connectivity index is 1.70. The fraction of sp³-hybridized carbons (Fsp3) is 0.385. The fourth-order valence-corrected chi connectivity index (χ4v) is 4.55. The lowest BCUT2D eigenvalue weighted by Crippen LogP contribution is -2.43. The molecule has 166 valence electrons. The van der Waals surface area contributed by atoms with Crippen LogP contribution in [0, 0.1) is 0 Å². The number of carbonyl (C=O) groups is 2. The average molecular weight is 432 g/mol.